The zero-order valence-corrected chi connectivity index (χ0v) is 8.97. The molecular weight excluding hydrogens is 180 g/mol. The van der Waals surface area contributed by atoms with Crippen molar-refractivity contribution < 1.29 is 5.11 Å². The number of thioether (sulfide) groups is 1. The zero-order chi connectivity index (χ0) is 9.68. The average molecular weight is 196 g/mol. The number of aliphatic hydroxyl groups is 1. The lowest BCUT2D eigenvalue weighted by atomic mass is 10.1. The highest BCUT2D eigenvalue weighted by atomic mass is 32.2. The van der Waals surface area contributed by atoms with Crippen molar-refractivity contribution in [3.05, 3.63) is 29.8 Å². The lowest BCUT2D eigenvalue weighted by molar-refractivity contribution is 0.185. The summed E-state index contributed by atoms with van der Waals surface area (Å²) in [5.41, 5.74) is 1.30. The maximum Gasteiger partial charge on any atom is 0.0515 e. The van der Waals surface area contributed by atoms with Gasteiger partial charge in [0.25, 0.3) is 0 Å². The van der Waals surface area contributed by atoms with Gasteiger partial charge in [-0.1, -0.05) is 12.1 Å². The Hall–Kier alpha value is -0.470. The van der Waals surface area contributed by atoms with Gasteiger partial charge in [-0.25, -0.2) is 0 Å². The highest BCUT2D eigenvalue weighted by molar-refractivity contribution is 7.98. The molecule has 0 spiro atoms. The van der Waals surface area contributed by atoms with Gasteiger partial charge in [0.05, 0.1) is 6.10 Å². The normalized spacial score (nSPS) is 12.8. The van der Waals surface area contributed by atoms with Crippen molar-refractivity contribution in [2.24, 2.45) is 0 Å². The molecule has 0 unspecified atom stereocenters. The SMILES string of the molecule is CSc1ccc(CC[C@@H](C)O)cc1. The first-order chi connectivity index (χ1) is 6.22. The largest absolute Gasteiger partial charge is 0.393 e. The molecule has 1 rings (SSSR count). The summed E-state index contributed by atoms with van der Waals surface area (Å²) in [4.78, 5) is 1.29. The fourth-order valence-electron chi connectivity index (χ4n) is 1.17. The maximum absolute atomic E-state index is 9.11. The van der Waals surface area contributed by atoms with Gasteiger partial charge >= 0.3 is 0 Å². The van der Waals surface area contributed by atoms with Gasteiger partial charge in [-0.2, -0.15) is 0 Å². The first-order valence-corrected chi connectivity index (χ1v) is 5.76. The quantitative estimate of drug-likeness (QED) is 0.747. The van der Waals surface area contributed by atoms with Crippen LogP contribution in [0.15, 0.2) is 29.2 Å². The lowest BCUT2D eigenvalue weighted by Crippen LogP contribution is -2.01. The summed E-state index contributed by atoms with van der Waals surface area (Å²) in [6.07, 6.45) is 3.69. The minimum atomic E-state index is -0.194. The Labute approximate surface area is 84.2 Å². The predicted molar refractivity (Wildman–Crippen MR) is 58.2 cm³/mol. The molecule has 1 aromatic rings. The van der Waals surface area contributed by atoms with Crippen LogP contribution < -0.4 is 0 Å². The average Bonchev–Trinajstić information content (AvgIpc) is 2.15. The van der Waals surface area contributed by atoms with E-state index in [2.05, 4.69) is 30.5 Å². The molecule has 13 heavy (non-hydrogen) atoms. The van der Waals surface area contributed by atoms with Crippen LogP contribution in [0.2, 0.25) is 0 Å². The number of hydrogen-bond acceptors (Lipinski definition) is 2. The van der Waals surface area contributed by atoms with E-state index < -0.39 is 0 Å². The van der Waals surface area contributed by atoms with Crippen LogP contribution in [0, 0.1) is 0 Å². The first-order valence-electron chi connectivity index (χ1n) is 4.53. The topological polar surface area (TPSA) is 20.2 Å². The molecule has 0 radical (unpaired) electrons. The molecule has 1 nitrogen and oxygen atoms in total. The molecule has 0 aliphatic heterocycles. The van der Waals surface area contributed by atoms with Crippen molar-refractivity contribution in [3.8, 4) is 0 Å². The Morgan fingerprint density at radius 1 is 1.31 bits per heavy atom. The molecule has 72 valence electrons. The third kappa shape index (κ3) is 3.83. The van der Waals surface area contributed by atoms with Crippen molar-refractivity contribution in [1.82, 2.24) is 0 Å². The first kappa shape index (κ1) is 10.6. The third-order valence-electron chi connectivity index (χ3n) is 2.01. The number of hydrogen-bond donors (Lipinski definition) is 1. The van der Waals surface area contributed by atoms with E-state index in [1.165, 1.54) is 10.5 Å². The van der Waals surface area contributed by atoms with Crippen LogP contribution in [0.5, 0.6) is 0 Å². The van der Waals surface area contributed by atoms with Crippen LogP contribution in [-0.2, 0) is 6.42 Å². The molecule has 0 aromatic heterocycles. The van der Waals surface area contributed by atoms with Crippen LogP contribution in [-0.4, -0.2) is 17.5 Å². The molecule has 1 aromatic carbocycles. The van der Waals surface area contributed by atoms with Crippen LogP contribution in [0.4, 0.5) is 0 Å². The molecule has 1 N–H and O–H groups in total. The van der Waals surface area contributed by atoms with E-state index in [1.807, 2.05) is 6.92 Å². The molecule has 0 heterocycles. The molecular formula is C11H16OS. The summed E-state index contributed by atoms with van der Waals surface area (Å²) >= 11 is 1.75. The minimum Gasteiger partial charge on any atom is -0.393 e. The maximum atomic E-state index is 9.11. The minimum absolute atomic E-state index is 0.194. The van der Waals surface area contributed by atoms with E-state index in [4.69, 9.17) is 5.11 Å². The Morgan fingerprint density at radius 2 is 1.92 bits per heavy atom. The number of aryl methyl sites for hydroxylation is 1. The van der Waals surface area contributed by atoms with E-state index in [-0.39, 0.29) is 6.10 Å². The second-order valence-electron chi connectivity index (χ2n) is 3.24. The number of rotatable bonds is 4. The van der Waals surface area contributed by atoms with E-state index >= 15 is 0 Å². The van der Waals surface area contributed by atoms with Gasteiger partial charge in [0.15, 0.2) is 0 Å². The highest BCUT2D eigenvalue weighted by Crippen LogP contribution is 2.15. The van der Waals surface area contributed by atoms with Gasteiger partial charge in [-0.15, -0.1) is 11.8 Å². The zero-order valence-electron chi connectivity index (χ0n) is 8.16. The molecule has 2 heteroatoms. The van der Waals surface area contributed by atoms with Gasteiger partial charge < -0.3 is 5.11 Å². The Bertz CT molecular complexity index is 241. The molecule has 0 saturated carbocycles. The van der Waals surface area contributed by atoms with Gasteiger partial charge in [0, 0.05) is 4.90 Å². The van der Waals surface area contributed by atoms with Gasteiger partial charge in [-0.3, -0.25) is 0 Å². The van der Waals surface area contributed by atoms with Crippen LogP contribution in [0.25, 0.3) is 0 Å². The molecule has 0 aliphatic carbocycles. The highest BCUT2D eigenvalue weighted by Gasteiger charge is 1.97. The van der Waals surface area contributed by atoms with Crippen molar-refractivity contribution in [2.45, 2.75) is 30.8 Å². The fraction of sp³-hybridized carbons (Fsp3) is 0.455. The summed E-state index contributed by atoms with van der Waals surface area (Å²) in [6.45, 7) is 1.83. The van der Waals surface area contributed by atoms with Crippen LogP contribution in [0.3, 0.4) is 0 Å². The lowest BCUT2D eigenvalue weighted by Gasteiger charge is -2.04. The van der Waals surface area contributed by atoms with Gasteiger partial charge in [0.2, 0.25) is 0 Å². The molecule has 0 fully saturated rings. The van der Waals surface area contributed by atoms with Gasteiger partial charge in [-0.05, 0) is 43.7 Å². The molecule has 0 saturated heterocycles. The Balaban J connectivity index is 2.49. The summed E-state index contributed by atoms with van der Waals surface area (Å²) < 4.78 is 0. The number of aliphatic hydroxyl groups excluding tert-OH is 1. The second kappa shape index (κ2) is 5.30. The van der Waals surface area contributed by atoms with E-state index in [0.29, 0.717) is 0 Å². The fourth-order valence-corrected chi connectivity index (χ4v) is 1.58. The van der Waals surface area contributed by atoms with Crippen molar-refractivity contribution in [2.75, 3.05) is 6.26 Å². The molecule has 1 atom stereocenters. The van der Waals surface area contributed by atoms with Crippen LogP contribution >= 0.6 is 11.8 Å². The van der Waals surface area contributed by atoms with Gasteiger partial charge in [0.1, 0.15) is 0 Å². The smallest absolute Gasteiger partial charge is 0.0515 e. The molecule has 0 bridgehead atoms. The number of benzene rings is 1. The predicted octanol–water partition coefficient (Wildman–Crippen LogP) is 2.72. The second-order valence-corrected chi connectivity index (χ2v) is 4.12. The summed E-state index contributed by atoms with van der Waals surface area (Å²) in [5.74, 6) is 0. The summed E-state index contributed by atoms with van der Waals surface area (Å²) in [6, 6.07) is 8.52. The van der Waals surface area contributed by atoms with E-state index in [1.54, 1.807) is 11.8 Å². The van der Waals surface area contributed by atoms with Crippen LogP contribution in [0.1, 0.15) is 18.9 Å². The summed E-state index contributed by atoms with van der Waals surface area (Å²) in [5, 5.41) is 9.11. The van der Waals surface area contributed by atoms with E-state index in [9.17, 15) is 0 Å². The van der Waals surface area contributed by atoms with E-state index in [0.717, 1.165) is 12.8 Å². The van der Waals surface area contributed by atoms with Crippen molar-refractivity contribution >= 4 is 11.8 Å². The summed E-state index contributed by atoms with van der Waals surface area (Å²) in [7, 11) is 0. The van der Waals surface area contributed by atoms with Crippen molar-refractivity contribution in [1.29, 1.82) is 0 Å². The standard InChI is InChI=1S/C11H16OS/c1-9(12)3-4-10-5-7-11(13-2)8-6-10/h5-9,12H,3-4H2,1-2H3/t9-/m1/s1. The Morgan fingerprint density at radius 3 is 2.38 bits per heavy atom. The third-order valence-corrected chi connectivity index (χ3v) is 2.75. The molecule has 0 aliphatic rings. The molecule has 0 amide bonds. The Kier molecular flexibility index (Phi) is 4.33. The monoisotopic (exact) mass is 196 g/mol. The van der Waals surface area contributed by atoms with Crippen molar-refractivity contribution in [3.63, 3.8) is 0 Å².